The number of pyridine rings is 1. The summed E-state index contributed by atoms with van der Waals surface area (Å²) >= 11 is 0. The molecule has 7 heteroatoms. The molecule has 1 amide bonds. The van der Waals surface area contributed by atoms with E-state index in [2.05, 4.69) is 10.1 Å². The van der Waals surface area contributed by atoms with Crippen molar-refractivity contribution in [2.45, 2.75) is 44.7 Å². The molecule has 0 unspecified atom stereocenters. The Morgan fingerprint density at radius 1 is 1.37 bits per heavy atom. The first-order valence-electron chi connectivity index (χ1n) is 9.75. The van der Waals surface area contributed by atoms with Crippen LogP contribution in [0.2, 0.25) is 0 Å². The Morgan fingerprint density at radius 2 is 2.26 bits per heavy atom. The third-order valence-electron chi connectivity index (χ3n) is 5.18. The summed E-state index contributed by atoms with van der Waals surface area (Å²) in [6, 6.07) is 5.92. The summed E-state index contributed by atoms with van der Waals surface area (Å²) in [5, 5.41) is 13.2. The Bertz CT molecular complexity index is 702. The molecule has 1 saturated heterocycles. The predicted molar refractivity (Wildman–Crippen MR) is 105 cm³/mol. The van der Waals surface area contributed by atoms with Crippen molar-refractivity contribution < 1.29 is 9.90 Å². The lowest BCUT2D eigenvalue weighted by molar-refractivity contribution is 0.0593. The fourth-order valence-electron chi connectivity index (χ4n) is 3.61. The van der Waals surface area contributed by atoms with Crippen LogP contribution in [0.5, 0.6) is 0 Å². The second-order valence-corrected chi connectivity index (χ2v) is 7.11. The van der Waals surface area contributed by atoms with Crippen molar-refractivity contribution in [2.24, 2.45) is 0 Å². The molecule has 0 saturated carbocycles. The smallest absolute Gasteiger partial charge is 0.255 e. The standard InChI is InChI=1S/C20H29N5O2/c1-23(11-5-15-26)19-8-7-17(16-21-19)20(27)25-13-3-2-6-18(25)9-14-24-12-4-10-22-24/h4,7-8,10,12,16,18,26H,2-3,5-6,9,11,13-15H2,1H3/t18-/m0/s1. The number of aliphatic hydroxyl groups excluding tert-OH is 1. The lowest BCUT2D eigenvalue weighted by atomic mass is 9.98. The highest BCUT2D eigenvalue weighted by Crippen LogP contribution is 2.23. The van der Waals surface area contributed by atoms with E-state index in [0.29, 0.717) is 12.0 Å². The highest BCUT2D eigenvalue weighted by molar-refractivity contribution is 5.94. The quantitative estimate of drug-likeness (QED) is 0.770. The fraction of sp³-hybridized carbons (Fsp3) is 0.550. The van der Waals surface area contributed by atoms with Crippen molar-refractivity contribution in [3.05, 3.63) is 42.4 Å². The SMILES string of the molecule is CN(CCCO)c1ccc(C(=O)N2CCCC[C@H]2CCn2cccn2)cn1. The number of rotatable bonds is 8. The highest BCUT2D eigenvalue weighted by atomic mass is 16.3. The molecule has 0 aliphatic carbocycles. The number of aromatic nitrogens is 3. The van der Waals surface area contributed by atoms with Crippen LogP contribution in [0, 0.1) is 0 Å². The number of aliphatic hydroxyl groups is 1. The number of carbonyl (C=O) groups excluding carboxylic acids is 1. The molecule has 7 nitrogen and oxygen atoms in total. The van der Waals surface area contributed by atoms with Crippen molar-refractivity contribution in [3.8, 4) is 0 Å². The average molecular weight is 371 g/mol. The van der Waals surface area contributed by atoms with Gasteiger partial charge in [-0.2, -0.15) is 5.10 Å². The minimum Gasteiger partial charge on any atom is -0.396 e. The van der Waals surface area contributed by atoms with E-state index in [-0.39, 0.29) is 18.6 Å². The summed E-state index contributed by atoms with van der Waals surface area (Å²) in [6.07, 6.45) is 10.3. The van der Waals surface area contributed by atoms with Crippen LogP contribution in [-0.4, -0.2) is 63.5 Å². The molecule has 0 bridgehead atoms. The Hall–Kier alpha value is -2.41. The number of nitrogens with zero attached hydrogens (tertiary/aromatic N) is 5. The van der Waals surface area contributed by atoms with Crippen molar-refractivity contribution in [1.82, 2.24) is 19.7 Å². The molecule has 0 aromatic carbocycles. The Labute approximate surface area is 160 Å². The van der Waals surface area contributed by atoms with E-state index in [4.69, 9.17) is 5.11 Å². The normalized spacial score (nSPS) is 17.1. The van der Waals surface area contributed by atoms with Crippen LogP contribution < -0.4 is 4.90 Å². The van der Waals surface area contributed by atoms with Crippen molar-refractivity contribution in [1.29, 1.82) is 0 Å². The van der Waals surface area contributed by atoms with E-state index in [0.717, 1.165) is 44.7 Å². The van der Waals surface area contributed by atoms with Crippen molar-refractivity contribution in [2.75, 3.05) is 31.6 Å². The van der Waals surface area contributed by atoms with Crippen LogP contribution in [-0.2, 0) is 6.54 Å². The maximum Gasteiger partial charge on any atom is 0.255 e. The molecule has 1 fully saturated rings. The van der Waals surface area contributed by atoms with Gasteiger partial charge in [-0.05, 0) is 50.3 Å². The van der Waals surface area contributed by atoms with Gasteiger partial charge in [-0.25, -0.2) is 4.98 Å². The van der Waals surface area contributed by atoms with Gasteiger partial charge in [-0.3, -0.25) is 9.48 Å². The van der Waals surface area contributed by atoms with E-state index >= 15 is 0 Å². The highest BCUT2D eigenvalue weighted by Gasteiger charge is 2.27. The molecular weight excluding hydrogens is 342 g/mol. The number of hydrogen-bond donors (Lipinski definition) is 1. The predicted octanol–water partition coefficient (Wildman–Crippen LogP) is 2.18. The van der Waals surface area contributed by atoms with Gasteiger partial charge in [0.2, 0.25) is 0 Å². The first-order chi connectivity index (χ1) is 13.2. The van der Waals surface area contributed by atoms with Gasteiger partial charge in [0.15, 0.2) is 0 Å². The zero-order valence-electron chi connectivity index (χ0n) is 16.0. The van der Waals surface area contributed by atoms with Crippen LogP contribution in [0.25, 0.3) is 0 Å². The molecule has 3 heterocycles. The van der Waals surface area contributed by atoms with Gasteiger partial charge in [0.1, 0.15) is 5.82 Å². The van der Waals surface area contributed by atoms with Gasteiger partial charge >= 0.3 is 0 Å². The van der Waals surface area contributed by atoms with Crippen molar-refractivity contribution in [3.63, 3.8) is 0 Å². The molecule has 3 rings (SSSR count). The van der Waals surface area contributed by atoms with Gasteiger partial charge in [0.25, 0.3) is 5.91 Å². The molecule has 0 spiro atoms. The lowest BCUT2D eigenvalue weighted by Gasteiger charge is -2.36. The van der Waals surface area contributed by atoms with Gasteiger partial charge in [-0.15, -0.1) is 0 Å². The molecule has 2 aromatic rings. The molecule has 1 aliphatic heterocycles. The maximum atomic E-state index is 13.0. The van der Waals surface area contributed by atoms with E-state index in [9.17, 15) is 4.79 Å². The third-order valence-corrected chi connectivity index (χ3v) is 5.18. The third kappa shape index (κ3) is 5.07. The van der Waals surface area contributed by atoms with E-state index in [1.54, 1.807) is 12.4 Å². The van der Waals surface area contributed by atoms with Crippen molar-refractivity contribution >= 4 is 11.7 Å². The number of carbonyl (C=O) groups is 1. The number of aryl methyl sites for hydroxylation is 1. The van der Waals surface area contributed by atoms with Gasteiger partial charge in [0.05, 0.1) is 5.56 Å². The molecular formula is C20H29N5O2. The Kier molecular flexibility index (Phi) is 6.81. The molecule has 0 radical (unpaired) electrons. The maximum absolute atomic E-state index is 13.0. The number of likely N-dealkylation sites (tertiary alicyclic amines) is 1. The monoisotopic (exact) mass is 371 g/mol. The minimum absolute atomic E-state index is 0.0669. The molecule has 2 aromatic heterocycles. The largest absolute Gasteiger partial charge is 0.396 e. The summed E-state index contributed by atoms with van der Waals surface area (Å²) in [5.74, 6) is 0.881. The van der Waals surface area contributed by atoms with E-state index in [1.807, 2.05) is 45.9 Å². The summed E-state index contributed by atoms with van der Waals surface area (Å²) in [5.41, 5.74) is 0.639. The summed E-state index contributed by atoms with van der Waals surface area (Å²) in [4.78, 5) is 21.5. The molecule has 27 heavy (non-hydrogen) atoms. The van der Waals surface area contributed by atoms with Crippen LogP contribution in [0.3, 0.4) is 0 Å². The second-order valence-electron chi connectivity index (χ2n) is 7.11. The fourth-order valence-corrected chi connectivity index (χ4v) is 3.61. The summed E-state index contributed by atoms with van der Waals surface area (Å²) in [6.45, 7) is 2.53. The summed E-state index contributed by atoms with van der Waals surface area (Å²) < 4.78 is 1.93. The van der Waals surface area contributed by atoms with E-state index < -0.39 is 0 Å². The van der Waals surface area contributed by atoms with Crippen LogP contribution in [0.1, 0.15) is 42.5 Å². The summed E-state index contributed by atoms with van der Waals surface area (Å²) in [7, 11) is 1.94. The lowest BCUT2D eigenvalue weighted by Crippen LogP contribution is -2.44. The Morgan fingerprint density at radius 3 is 2.96 bits per heavy atom. The van der Waals surface area contributed by atoms with Crippen LogP contribution >= 0.6 is 0 Å². The number of amides is 1. The molecule has 1 aliphatic rings. The number of hydrogen-bond acceptors (Lipinski definition) is 5. The topological polar surface area (TPSA) is 74.5 Å². The van der Waals surface area contributed by atoms with Gasteiger partial charge in [0, 0.05) is 57.9 Å². The first-order valence-corrected chi connectivity index (χ1v) is 9.75. The molecule has 146 valence electrons. The van der Waals surface area contributed by atoms with E-state index in [1.165, 1.54) is 6.42 Å². The second kappa shape index (κ2) is 9.50. The zero-order valence-corrected chi connectivity index (χ0v) is 16.0. The number of anilines is 1. The average Bonchev–Trinajstić information content (AvgIpc) is 3.24. The Balaban J connectivity index is 1.63. The first kappa shape index (κ1) is 19.4. The molecule has 1 atom stereocenters. The zero-order chi connectivity index (χ0) is 19.1. The minimum atomic E-state index is 0.0669. The number of piperidine rings is 1. The van der Waals surface area contributed by atoms with Gasteiger partial charge < -0.3 is 14.9 Å². The van der Waals surface area contributed by atoms with Crippen LogP contribution in [0.4, 0.5) is 5.82 Å². The van der Waals surface area contributed by atoms with Gasteiger partial charge in [-0.1, -0.05) is 0 Å². The van der Waals surface area contributed by atoms with Crippen LogP contribution in [0.15, 0.2) is 36.8 Å². The molecule has 1 N–H and O–H groups in total.